The predicted octanol–water partition coefficient (Wildman–Crippen LogP) is 10.4. The van der Waals surface area contributed by atoms with Crippen molar-refractivity contribution in [3.63, 3.8) is 0 Å². The Morgan fingerprint density at radius 2 is 0.722 bits per heavy atom. The van der Waals surface area contributed by atoms with E-state index in [-0.39, 0.29) is 29.7 Å². The largest absolute Gasteiger partial charge is 0.508 e. The lowest BCUT2D eigenvalue weighted by Gasteiger charge is -1.97. The van der Waals surface area contributed by atoms with Crippen LogP contribution >= 0.6 is 0 Å². The van der Waals surface area contributed by atoms with E-state index in [1.165, 1.54) is 11.1 Å². The molecule has 5 aromatic carbocycles. The van der Waals surface area contributed by atoms with Gasteiger partial charge in [0.05, 0.1) is 0 Å². The fraction of sp³-hybridized carbons (Fsp3) is 0.235. The Morgan fingerprint density at radius 1 is 0.417 bits per heavy atom. The average Bonchev–Trinajstić information content (AvgIpc) is 2.84. The van der Waals surface area contributed by atoms with Gasteiger partial charge in [-0.15, -0.1) is 0 Å². The molecular formula is C34H46O2. The molecule has 0 fully saturated rings. The Labute approximate surface area is 219 Å². The minimum Gasteiger partial charge on any atom is -0.508 e. The summed E-state index contributed by atoms with van der Waals surface area (Å²) in [6.45, 7) is 4.36. The highest BCUT2D eigenvalue weighted by Gasteiger charge is 1.92. The normalized spacial score (nSPS) is 8.94. The van der Waals surface area contributed by atoms with Crippen molar-refractivity contribution in [2.24, 2.45) is 0 Å². The van der Waals surface area contributed by atoms with Gasteiger partial charge in [0.1, 0.15) is 11.5 Å². The Hall–Kier alpha value is -3.78. The summed E-state index contributed by atoms with van der Waals surface area (Å²) >= 11 is 0. The van der Waals surface area contributed by atoms with Crippen LogP contribution in [0, 0.1) is 0 Å². The van der Waals surface area contributed by atoms with Gasteiger partial charge >= 0.3 is 0 Å². The molecule has 0 saturated carbocycles. The average molecular weight is 487 g/mol. The first-order valence-electron chi connectivity index (χ1n) is 11.0. The van der Waals surface area contributed by atoms with Gasteiger partial charge in [-0.2, -0.15) is 0 Å². The summed E-state index contributed by atoms with van der Waals surface area (Å²) in [4.78, 5) is 0. The first-order valence-corrected chi connectivity index (χ1v) is 11.0. The van der Waals surface area contributed by atoms with Crippen LogP contribution in [0.2, 0.25) is 0 Å². The van der Waals surface area contributed by atoms with E-state index in [2.05, 4.69) is 38.1 Å². The van der Waals surface area contributed by atoms with Gasteiger partial charge in [-0.05, 0) is 69.8 Å². The zero-order valence-corrected chi connectivity index (χ0v) is 18.7. The zero-order valence-electron chi connectivity index (χ0n) is 18.7. The molecule has 194 valence electrons. The molecule has 2 N–H and O–H groups in total. The summed E-state index contributed by atoms with van der Waals surface area (Å²) in [7, 11) is 0. The van der Waals surface area contributed by atoms with Gasteiger partial charge in [0.15, 0.2) is 0 Å². The number of hydrogen-bond donors (Lipinski definition) is 2. The minimum atomic E-state index is 0. The van der Waals surface area contributed by atoms with E-state index in [4.69, 9.17) is 10.2 Å². The van der Waals surface area contributed by atoms with Crippen molar-refractivity contribution in [3.05, 3.63) is 120 Å². The number of hydrogen-bond acceptors (Lipinski definition) is 2. The number of benzene rings is 5. The van der Waals surface area contributed by atoms with Crippen molar-refractivity contribution in [2.45, 2.75) is 56.4 Å². The summed E-state index contributed by atoms with van der Waals surface area (Å²) in [6.07, 6.45) is 2.29. The molecular weight excluding hydrogens is 440 g/mol. The fourth-order valence-electron chi connectivity index (χ4n) is 3.36. The molecule has 2 heteroatoms. The van der Waals surface area contributed by atoms with Crippen LogP contribution in [-0.2, 0) is 12.8 Å². The molecule has 0 aliphatic heterocycles. The number of rotatable bonds is 2. The standard InChI is InChI=1S/2C10H8O.C10H14.4CH4/c2*11-10-6-5-8-3-1-2-4-9(8)7-10;1-3-9-5-7-10(4-2)8-6-9;;;;/h2*1-7,11H;5-8H,3-4H2,1-2H3;4*1H4. The molecule has 0 unspecified atom stereocenters. The van der Waals surface area contributed by atoms with Gasteiger partial charge < -0.3 is 10.2 Å². The zero-order chi connectivity index (χ0) is 22.8. The quantitative estimate of drug-likeness (QED) is 0.260. The lowest BCUT2D eigenvalue weighted by Crippen LogP contribution is -1.81. The minimum absolute atomic E-state index is 0. The molecule has 0 heterocycles. The molecule has 0 aliphatic carbocycles. The number of aryl methyl sites for hydroxylation is 2. The smallest absolute Gasteiger partial charge is 0.116 e. The van der Waals surface area contributed by atoms with Gasteiger partial charge in [0.2, 0.25) is 0 Å². The molecule has 5 rings (SSSR count). The number of aromatic hydroxyl groups is 2. The molecule has 0 radical (unpaired) electrons. The van der Waals surface area contributed by atoms with Crippen molar-refractivity contribution in [1.29, 1.82) is 0 Å². The maximum absolute atomic E-state index is 9.13. The van der Waals surface area contributed by atoms with E-state index in [0.29, 0.717) is 11.5 Å². The summed E-state index contributed by atoms with van der Waals surface area (Å²) in [6, 6.07) is 35.5. The van der Waals surface area contributed by atoms with Crippen LogP contribution in [-0.4, -0.2) is 10.2 Å². The van der Waals surface area contributed by atoms with Crippen molar-refractivity contribution in [3.8, 4) is 11.5 Å². The molecule has 2 nitrogen and oxygen atoms in total. The van der Waals surface area contributed by atoms with Gasteiger partial charge in [-0.1, -0.05) is 128 Å². The van der Waals surface area contributed by atoms with E-state index in [0.717, 1.165) is 34.4 Å². The van der Waals surface area contributed by atoms with E-state index in [9.17, 15) is 0 Å². The summed E-state index contributed by atoms with van der Waals surface area (Å²) < 4.78 is 0. The van der Waals surface area contributed by atoms with Crippen LogP contribution in [0.25, 0.3) is 21.5 Å². The molecule has 5 aromatic rings. The fourth-order valence-corrected chi connectivity index (χ4v) is 3.36. The first-order chi connectivity index (χ1) is 15.6. The van der Waals surface area contributed by atoms with Gasteiger partial charge in [-0.25, -0.2) is 0 Å². The highest BCUT2D eigenvalue weighted by atomic mass is 16.3. The van der Waals surface area contributed by atoms with Crippen LogP contribution < -0.4 is 0 Å². The lowest BCUT2D eigenvalue weighted by molar-refractivity contribution is 0.475. The Balaban J connectivity index is 0. The van der Waals surface area contributed by atoms with Crippen LogP contribution in [0.15, 0.2) is 109 Å². The van der Waals surface area contributed by atoms with E-state index in [1.807, 2.05) is 60.7 Å². The predicted molar refractivity (Wildman–Crippen MR) is 163 cm³/mol. The molecule has 0 aromatic heterocycles. The second-order valence-electron chi connectivity index (χ2n) is 7.59. The van der Waals surface area contributed by atoms with Gasteiger partial charge in [0, 0.05) is 0 Å². The second-order valence-corrected chi connectivity index (χ2v) is 7.59. The molecule has 0 amide bonds. The van der Waals surface area contributed by atoms with Crippen LogP contribution in [0.3, 0.4) is 0 Å². The monoisotopic (exact) mass is 486 g/mol. The third-order valence-corrected chi connectivity index (χ3v) is 5.31. The maximum Gasteiger partial charge on any atom is 0.116 e. The molecule has 0 aliphatic rings. The first kappa shape index (κ1) is 34.4. The Kier molecular flexibility index (Phi) is 16.8. The van der Waals surface area contributed by atoms with Crippen LogP contribution in [0.1, 0.15) is 54.7 Å². The van der Waals surface area contributed by atoms with Crippen molar-refractivity contribution < 1.29 is 10.2 Å². The summed E-state index contributed by atoms with van der Waals surface area (Å²) in [5.41, 5.74) is 2.86. The topological polar surface area (TPSA) is 40.5 Å². The number of phenols is 2. The Bertz CT molecular complexity index is 1160. The highest BCUT2D eigenvalue weighted by Crippen LogP contribution is 2.19. The van der Waals surface area contributed by atoms with E-state index < -0.39 is 0 Å². The van der Waals surface area contributed by atoms with Crippen molar-refractivity contribution in [2.75, 3.05) is 0 Å². The number of fused-ring (bicyclic) bond motifs is 2. The second kappa shape index (κ2) is 17.6. The molecule has 0 spiro atoms. The number of phenolic OH excluding ortho intramolecular Hbond substituents is 2. The van der Waals surface area contributed by atoms with Crippen molar-refractivity contribution in [1.82, 2.24) is 0 Å². The van der Waals surface area contributed by atoms with Crippen LogP contribution in [0.4, 0.5) is 0 Å². The summed E-state index contributed by atoms with van der Waals surface area (Å²) in [5, 5.41) is 22.7. The SMILES string of the molecule is C.C.C.C.CCc1ccc(CC)cc1.Oc1ccc2ccccc2c1.Oc1ccc2ccccc2c1. The van der Waals surface area contributed by atoms with E-state index in [1.54, 1.807) is 24.3 Å². The molecule has 0 bridgehead atoms. The summed E-state index contributed by atoms with van der Waals surface area (Å²) in [5.74, 6) is 0.646. The van der Waals surface area contributed by atoms with Crippen molar-refractivity contribution >= 4 is 21.5 Å². The molecule has 0 saturated heterocycles. The third-order valence-electron chi connectivity index (χ3n) is 5.31. The lowest BCUT2D eigenvalue weighted by atomic mass is 10.1. The van der Waals surface area contributed by atoms with Crippen LogP contribution in [0.5, 0.6) is 11.5 Å². The van der Waals surface area contributed by atoms with E-state index >= 15 is 0 Å². The van der Waals surface area contributed by atoms with Gasteiger partial charge in [-0.3, -0.25) is 0 Å². The highest BCUT2D eigenvalue weighted by molar-refractivity contribution is 5.84. The van der Waals surface area contributed by atoms with Gasteiger partial charge in [0.25, 0.3) is 0 Å². The Morgan fingerprint density at radius 3 is 1.03 bits per heavy atom. The maximum atomic E-state index is 9.13. The molecule has 0 atom stereocenters. The third kappa shape index (κ3) is 10.2. The molecule has 36 heavy (non-hydrogen) atoms.